The fourth-order valence-corrected chi connectivity index (χ4v) is 4.65. The Kier molecular flexibility index (Phi) is 9.50. The molecule has 0 heterocycles. The summed E-state index contributed by atoms with van der Waals surface area (Å²) in [6.45, 7) is 17.0. The molecule has 0 spiro atoms. The van der Waals surface area contributed by atoms with E-state index >= 15 is 0 Å². The van der Waals surface area contributed by atoms with Crippen LogP contribution in [0.2, 0.25) is 25.7 Å². The first kappa shape index (κ1) is 25.8. The van der Waals surface area contributed by atoms with E-state index in [1.807, 2.05) is 27.7 Å². The largest absolute Gasteiger partial charge is 0.450 e. The molecule has 0 bridgehead atoms. The molecule has 2 unspecified atom stereocenters. The predicted octanol–water partition coefficient (Wildman–Crippen LogP) is 5.50. The summed E-state index contributed by atoms with van der Waals surface area (Å²) >= 11 is 0. The van der Waals surface area contributed by atoms with Gasteiger partial charge >= 0.3 is 12.2 Å². The average molecular weight is 429 g/mol. The SMILES string of the molecule is CC1CCC(C(C(C)NC(=O)OC(C)(C)C)N(C)C(=O)OCC[Si](C)(C)C)CC1. The van der Waals surface area contributed by atoms with Crippen molar-refractivity contribution in [2.24, 2.45) is 11.8 Å². The first-order valence-electron chi connectivity index (χ1n) is 11.1. The quantitative estimate of drug-likeness (QED) is 0.544. The van der Waals surface area contributed by atoms with E-state index in [2.05, 4.69) is 31.9 Å². The average Bonchev–Trinajstić information content (AvgIpc) is 2.53. The smallest absolute Gasteiger partial charge is 0.409 e. The third-order valence-electron chi connectivity index (χ3n) is 5.61. The third kappa shape index (κ3) is 9.87. The van der Waals surface area contributed by atoms with Crippen LogP contribution in [0, 0.1) is 11.8 Å². The predicted molar refractivity (Wildman–Crippen MR) is 121 cm³/mol. The van der Waals surface area contributed by atoms with Crippen LogP contribution >= 0.6 is 0 Å². The molecule has 170 valence electrons. The Morgan fingerprint density at radius 2 is 1.69 bits per heavy atom. The zero-order chi connectivity index (χ0) is 22.4. The van der Waals surface area contributed by atoms with Gasteiger partial charge in [-0.25, -0.2) is 9.59 Å². The molecule has 2 amide bonds. The van der Waals surface area contributed by atoms with Crippen LogP contribution in [0.4, 0.5) is 9.59 Å². The van der Waals surface area contributed by atoms with E-state index in [4.69, 9.17) is 9.47 Å². The molecule has 0 aromatic heterocycles. The second-order valence-electron chi connectivity index (χ2n) is 11.0. The molecule has 29 heavy (non-hydrogen) atoms. The van der Waals surface area contributed by atoms with E-state index in [0.717, 1.165) is 37.6 Å². The van der Waals surface area contributed by atoms with Crippen molar-refractivity contribution in [2.75, 3.05) is 13.7 Å². The van der Waals surface area contributed by atoms with Crippen molar-refractivity contribution in [2.45, 2.75) is 104 Å². The number of rotatable bonds is 7. The minimum absolute atomic E-state index is 0.116. The minimum Gasteiger partial charge on any atom is -0.450 e. The lowest BCUT2D eigenvalue weighted by atomic mass is 9.77. The van der Waals surface area contributed by atoms with Crippen molar-refractivity contribution in [3.63, 3.8) is 0 Å². The van der Waals surface area contributed by atoms with Gasteiger partial charge in [0, 0.05) is 15.1 Å². The fourth-order valence-electron chi connectivity index (χ4n) is 3.93. The van der Waals surface area contributed by atoms with E-state index < -0.39 is 19.8 Å². The first-order chi connectivity index (χ1) is 13.2. The maximum Gasteiger partial charge on any atom is 0.409 e. The van der Waals surface area contributed by atoms with Crippen LogP contribution < -0.4 is 5.32 Å². The van der Waals surface area contributed by atoms with E-state index in [9.17, 15) is 9.59 Å². The van der Waals surface area contributed by atoms with Crippen LogP contribution in [0.1, 0.15) is 60.3 Å². The summed E-state index contributed by atoms with van der Waals surface area (Å²) in [5, 5.41) is 2.96. The molecule has 0 aliphatic heterocycles. The Morgan fingerprint density at radius 3 is 2.17 bits per heavy atom. The second-order valence-corrected chi connectivity index (χ2v) is 16.6. The van der Waals surface area contributed by atoms with Crippen LogP contribution in [0.25, 0.3) is 0 Å². The van der Waals surface area contributed by atoms with Gasteiger partial charge in [-0.05, 0) is 58.4 Å². The van der Waals surface area contributed by atoms with Crippen LogP contribution in [0.15, 0.2) is 0 Å². The van der Waals surface area contributed by atoms with Gasteiger partial charge in [-0.15, -0.1) is 0 Å². The first-order valence-corrected chi connectivity index (χ1v) is 14.8. The van der Waals surface area contributed by atoms with Gasteiger partial charge in [0.2, 0.25) is 0 Å². The second kappa shape index (κ2) is 10.7. The molecule has 1 fully saturated rings. The lowest BCUT2D eigenvalue weighted by Gasteiger charge is -2.41. The molecule has 7 heteroatoms. The van der Waals surface area contributed by atoms with Gasteiger partial charge in [-0.2, -0.15) is 0 Å². The molecule has 6 nitrogen and oxygen atoms in total. The molecule has 0 saturated heterocycles. The number of carbonyl (C=O) groups excluding carboxylic acids is 2. The minimum atomic E-state index is -1.26. The Hall–Kier alpha value is -1.24. The van der Waals surface area contributed by atoms with Gasteiger partial charge in [0.25, 0.3) is 0 Å². The van der Waals surface area contributed by atoms with Crippen LogP contribution in [-0.4, -0.2) is 56.5 Å². The third-order valence-corrected chi connectivity index (χ3v) is 7.32. The number of nitrogens with one attached hydrogen (secondary N) is 1. The van der Waals surface area contributed by atoms with E-state index in [1.54, 1.807) is 11.9 Å². The Labute approximate surface area is 179 Å². The molecule has 1 N–H and O–H groups in total. The van der Waals surface area contributed by atoms with Crippen LogP contribution in [-0.2, 0) is 9.47 Å². The number of alkyl carbamates (subject to hydrolysis) is 1. The molecule has 0 aromatic carbocycles. The highest BCUT2D eigenvalue weighted by molar-refractivity contribution is 6.76. The fraction of sp³-hybridized carbons (Fsp3) is 0.909. The zero-order valence-electron chi connectivity index (χ0n) is 20.1. The molecule has 1 aliphatic carbocycles. The zero-order valence-corrected chi connectivity index (χ0v) is 21.1. The van der Waals surface area contributed by atoms with Crippen molar-refractivity contribution >= 4 is 20.3 Å². The molecule has 0 aromatic rings. The Morgan fingerprint density at radius 1 is 1.14 bits per heavy atom. The highest BCUT2D eigenvalue weighted by Gasteiger charge is 2.36. The summed E-state index contributed by atoms with van der Waals surface area (Å²) < 4.78 is 11.0. The molecule has 0 radical (unpaired) electrons. The molecular weight excluding hydrogens is 384 g/mol. The number of amides is 2. The number of likely N-dealkylation sites (N-methyl/N-ethyl adjacent to an activating group) is 1. The molecule has 2 atom stereocenters. The van der Waals surface area contributed by atoms with Crippen molar-refractivity contribution in [3.05, 3.63) is 0 Å². The van der Waals surface area contributed by atoms with E-state index in [1.165, 1.54) is 0 Å². The topological polar surface area (TPSA) is 67.9 Å². The number of nitrogens with zero attached hydrogens (tertiary/aromatic N) is 1. The maximum atomic E-state index is 12.8. The highest BCUT2D eigenvalue weighted by Crippen LogP contribution is 2.33. The molecule has 1 aliphatic rings. The van der Waals surface area contributed by atoms with Crippen LogP contribution in [0.3, 0.4) is 0 Å². The van der Waals surface area contributed by atoms with Gasteiger partial charge in [0.15, 0.2) is 0 Å². The van der Waals surface area contributed by atoms with E-state index in [-0.39, 0.29) is 18.2 Å². The summed E-state index contributed by atoms with van der Waals surface area (Å²) in [6, 6.07) is 0.608. The van der Waals surface area contributed by atoms with Gasteiger partial charge in [-0.3, -0.25) is 0 Å². The van der Waals surface area contributed by atoms with E-state index in [0.29, 0.717) is 12.5 Å². The van der Waals surface area contributed by atoms with Crippen LogP contribution in [0.5, 0.6) is 0 Å². The standard InChI is InChI=1S/C22H44N2O4Si/c1-16-10-12-18(13-11-16)19(17(2)23-20(25)28-22(3,4)5)24(6)21(26)27-14-15-29(7,8)9/h16-19H,10-15H2,1-9H3,(H,23,25). The van der Waals surface area contributed by atoms with Gasteiger partial charge in [-0.1, -0.05) is 39.4 Å². The Bertz CT molecular complexity index is 534. The van der Waals surface area contributed by atoms with Gasteiger partial charge in [0.05, 0.1) is 18.7 Å². The Balaban J connectivity index is 2.83. The number of hydrogen-bond donors (Lipinski definition) is 1. The number of hydrogen-bond acceptors (Lipinski definition) is 4. The lowest BCUT2D eigenvalue weighted by Crippen LogP contribution is -2.55. The normalized spacial score (nSPS) is 22.4. The summed E-state index contributed by atoms with van der Waals surface area (Å²) in [4.78, 5) is 26.8. The molecular formula is C22H44N2O4Si. The lowest BCUT2D eigenvalue weighted by molar-refractivity contribution is 0.0388. The summed E-state index contributed by atoms with van der Waals surface area (Å²) in [5.41, 5.74) is -0.554. The summed E-state index contributed by atoms with van der Waals surface area (Å²) in [7, 11) is 0.537. The van der Waals surface area contributed by atoms with Crippen molar-refractivity contribution in [1.82, 2.24) is 10.2 Å². The van der Waals surface area contributed by atoms with Crippen molar-refractivity contribution < 1.29 is 19.1 Å². The monoisotopic (exact) mass is 428 g/mol. The maximum absolute atomic E-state index is 12.8. The van der Waals surface area contributed by atoms with Crippen molar-refractivity contribution in [1.29, 1.82) is 0 Å². The van der Waals surface area contributed by atoms with Gasteiger partial charge < -0.3 is 19.7 Å². The summed E-state index contributed by atoms with van der Waals surface area (Å²) in [5.74, 6) is 1.06. The molecule has 1 rings (SSSR count). The van der Waals surface area contributed by atoms with Gasteiger partial charge in [0.1, 0.15) is 5.60 Å². The highest BCUT2D eigenvalue weighted by atomic mass is 28.3. The number of ether oxygens (including phenoxy) is 2. The van der Waals surface area contributed by atoms with Crippen molar-refractivity contribution in [3.8, 4) is 0 Å². The molecule has 1 saturated carbocycles. The number of carbonyl (C=O) groups is 2. The summed E-state index contributed by atoms with van der Waals surface area (Å²) in [6.07, 6.45) is 3.67.